The quantitative estimate of drug-likeness (QED) is 0.353. The second-order valence-electron chi connectivity index (χ2n) is 6.10. The monoisotopic (exact) mass is 435 g/mol. The van der Waals surface area contributed by atoms with Crippen molar-refractivity contribution in [2.24, 2.45) is 7.05 Å². The maximum Gasteiger partial charge on any atom is 0.196 e. The van der Waals surface area contributed by atoms with Crippen LogP contribution in [0.4, 0.5) is 10.1 Å². The zero-order chi connectivity index (χ0) is 19.8. The van der Waals surface area contributed by atoms with Crippen molar-refractivity contribution in [1.82, 2.24) is 19.5 Å². The maximum atomic E-state index is 13.5. The topological polar surface area (TPSA) is 78.9 Å². The van der Waals surface area contributed by atoms with Crippen molar-refractivity contribution in [2.75, 3.05) is 25.2 Å². The minimum atomic E-state index is -0.337. The molecule has 0 amide bonds. The molecule has 0 bridgehead atoms. The number of methoxy groups -OCH3 is 1. The minimum absolute atomic E-state index is 0.337. The normalized spacial score (nSPS) is 11.6. The van der Waals surface area contributed by atoms with Crippen molar-refractivity contribution in [3.05, 3.63) is 29.4 Å². The molecule has 0 aliphatic rings. The Bertz CT molecular complexity index is 1150. The van der Waals surface area contributed by atoms with E-state index in [0.29, 0.717) is 23.0 Å². The molecule has 10 heteroatoms. The number of thioether (sulfide) groups is 1. The van der Waals surface area contributed by atoms with E-state index in [1.165, 1.54) is 17.5 Å². The van der Waals surface area contributed by atoms with Gasteiger partial charge in [-0.15, -0.1) is 23.1 Å². The Morgan fingerprint density at radius 3 is 2.75 bits per heavy atom. The molecule has 4 rings (SSSR count). The molecule has 6 nitrogen and oxygen atoms in total. The summed E-state index contributed by atoms with van der Waals surface area (Å²) in [5.41, 5.74) is 9.71. The number of nitrogens with two attached hydrogens (primary N) is 1. The number of aromatic nitrogens is 4. The molecule has 4 aromatic heterocycles. The second-order valence-corrected chi connectivity index (χ2v) is 9.44. The number of imidazole rings is 1. The molecule has 0 fully saturated rings. The second kappa shape index (κ2) is 7.78. The summed E-state index contributed by atoms with van der Waals surface area (Å²) >= 11 is 4.17. The Morgan fingerprint density at radius 1 is 1.29 bits per heavy atom. The lowest BCUT2D eigenvalue weighted by atomic mass is 10.1. The van der Waals surface area contributed by atoms with Crippen molar-refractivity contribution in [3.63, 3.8) is 0 Å². The van der Waals surface area contributed by atoms with Crippen LogP contribution in [0.1, 0.15) is 5.82 Å². The third-order valence-corrected chi connectivity index (χ3v) is 7.54. The highest BCUT2D eigenvalue weighted by atomic mass is 32.2. The van der Waals surface area contributed by atoms with Gasteiger partial charge in [0.1, 0.15) is 21.4 Å². The van der Waals surface area contributed by atoms with Gasteiger partial charge in [-0.1, -0.05) is 11.3 Å². The molecule has 0 saturated heterocycles. The van der Waals surface area contributed by atoms with Gasteiger partial charge in [0, 0.05) is 30.9 Å². The number of ether oxygens (including phenoxy) is 1. The van der Waals surface area contributed by atoms with Crippen LogP contribution in [0.5, 0.6) is 0 Å². The van der Waals surface area contributed by atoms with Gasteiger partial charge in [-0.25, -0.2) is 15.0 Å². The fourth-order valence-electron chi connectivity index (χ4n) is 2.86. The number of nitrogens with zero attached hydrogens (tertiary/aromatic N) is 4. The summed E-state index contributed by atoms with van der Waals surface area (Å²) < 4.78 is 21.7. The van der Waals surface area contributed by atoms with Crippen LogP contribution in [0.3, 0.4) is 0 Å². The predicted molar refractivity (Wildman–Crippen MR) is 115 cm³/mol. The number of pyridine rings is 1. The number of rotatable bonds is 6. The van der Waals surface area contributed by atoms with E-state index < -0.39 is 0 Å². The van der Waals surface area contributed by atoms with Crippen molar-refractivity contribution in [1.29, 1.82) is 0 Å². The zero-order valence-electron chi connectivity index (χ0n) is 15.5. The summed E-state index contributed by atoms with van der Waals surface area (Å²) in [6.07, 6.45) is 3.04. The first-order chi connectivity index (χ1) is 13.5. The van der Waals surface area contributed by atoms with E-state index in [-0.39, 0.29) is 5.13 Å². The Morgan fingerprint density at radius 2 is 2.11 bits per heavy atom. The number of anilines is 1. The summed E-state index contributed by atoms with van der Waals surface area (Å²) in [5.74, 6) is 1.70. The van der Waals surface area contributed by atoms with E-state index in [4.69, 9.17) is 15.5 Å². The summed E-state index contributed by atoms with van der Waals surface area (Å²) in [6.45, 7) is 2.59. The Labute approximate surface area is 173 Å². The third-order valence-electron chi connectivity index (χ3n) is 4.38. The summed E-state index contributed by atoms with van der Waals surface area (Å²) in [5, 5.41) is 1.10. The van der Waals surface area contributed by atoms with E-state index in [1.807, 2.05) is 30.8 Å². The van der Waals surface area contributed by atoms with Crippen LogP contribution in [0, 0.1) is 12.1 Å². The lowest BCUT2D eigenvalue weighted by molar-refractivity contribution is 0.218. The number of hydrogen-bond donors (Lipinski definition) is 1. The maximum absolute atomic E-state index is 13.5. The molecule has 2 N–H and O–H groups in total. The molecule has 0 spiro atoms. The highest BCUT2D eigenvalue weighted by Crippen LogP contribution is 2.45. The molecule has 0 aromatic carbocycles. The fourth-order valence-corrected chi connectivity index (χ4v) is 5.74. The van der Waals surface area contributed by atoms with Gasteiger partial charge in [0.05, 0.1) is 34.6 Å². The van der Waals surface area contributed by atoms with Crippen LogP contribution in [0.25, 0.3) is 32.2 Å². The number of thiazole rings is 1. The molecule has 0 aliphatic heterocycles. The molecule has 0 unspecified atom stereocenters. The number of hydrogen-bond acceptors (Lipinski definition) is 8. The summed E-state index contributed by atoms with van der Waals surface area (Å²) in [4.78, 5) is 14.1. The van der Waals surface area contributed by atoms with Crippen molar-refractivity contribution < 1.29 is 9.13 Å². The number of thiophene rings is 1. The minimum Gasteiger partial charge on any atom is -0.397 e. The summed E-state index contributed by atoms with van der Waals surface area (Å²) in [6, 6.07) is 1.92. The average molecular weight is 436 g/mol. The van der Waals surface area contributed by atoms with Crippen LogP contribution >= 0.6 is 34.4 Å². The average Bonchev–Trinajstić information content (AvgIpc) is 3.34. The smallest absolute Gasteiger partial charge is 0.196 e. The highest BCUT2D eigenvalue weighted by molar-refractivity contribution is 8.01. The van der Waals surface area contributed by atoms with Crippen molar-refractivity contribution in [3.8, 4) is 22.0 Å². The molecule has 0 radical (unpaired) electrons. The number of aryl methyl sites for hydroxylation is 1. The van der Waals surface area contributed by atoms with E-state index >= 15 is 0 Å². The van der Waals surface area contributed by atoms with Gasteiger partial charge >= 0.3 is 0 Å². The lowest BCUT2D eigenvalue weighted by Gasteiger charge is -2.08. The first-order valence-electron chi connectivity index (χ1n) is 8.44. The van der Waals surface area contributed by atoms with Crippen molar-refractivity contribution in [2.45, 2.75) is 11.1 Å². The van der Waals surface area contributed by atoms with Crippen LogP contribution < -0.4 is 5.73 Å². The van der Waals surface area contributed by atoms with E-state index in [2.05, 4.69) is 9.97 Å². The SMILES string of the molecule is COCCSc1sc2nc(-c3ncc(F)s3)cc(-c3cnc(C)n3C)c2c1N. The number of fused-ring (bicyclic) bond motifs is 1. The molecule has 4 aromatic rings. The van der Waals surface area contributed by atoms with E-state index in [9.17, 15) is 4.39 Å². The molecule has 0 aliphatic carbocycles. The largest absolute Gasteiger partial charge is 0.397 e. The third kappa shape index (κ3) is 3.41. The van der Waals surface area contributed by atoms with Gasteiger partial charge in [0.15, 0.2) is 5.13 Å². The van der Waals surface area contributed by atoms with Crippen molar-refractivity contribution >= 4 is 50.3 Å². The van der Waals surface area contributed by atoms with Gasteiger partial charge < -0.3 is 15.0 Å². The number of halogens is 1. The van der Waals surface area contributed by atoms with E-state index in [0.717, 1.165) is 48.6 Å². The molecule has 146 valence electrons. The zero-order valence-corrected chi connectivity index (χ0v) is 18.0. The first kappa shape index (κ1) is 19.3. The van der Waals surface area contributed by atoms with Crippen LogP contribution in [-0.4, -0.2) is 39.0 Å². The lowest BCUT2D eigenvalue weighted by Crippen LogP contribution is -1.97. The van der Waals surface area contributed by atoms with Gasteiger partial charge in [-0.2, -0.15) is 4.39 Å². The predicted octanol–water partition coefficient (Wildman–Crippen LogP) is 4.59. The number of nitrogen functional groups attached to an aromatic ring is 1. The first-order valence-corrected chi connectivity index (χ1v) is 11.1. The van der Waals surface area contributed by atoms with Gasteiger partial charge in [-0.3, -0.25) is 0 Å². The van der Waals surface area contributed by atoms with Gasteiger partial charge in [0.25, 0.3) is 0 Å². The Hall–Kier alpha value is -2.01. The van der Waals surface area contributed by atoms with E-state index in [1.54, 1.807) is 18.9 Å². The Balaban J connectivity index is 1.93. The molecule has 4 heterocycles. The Kier molecular flexibility index (Phi) is 5.37. The molecular formula is C18H18FN5OS3. The molecule has 0 saturated carbocycles. The van der Waals surface area contributed by atoms with Crippen LogP contribution in [0.15, 0.2) is 22.7 Å². The molecule has 0 atom stereocenters. The molecule has 28 heavy (non-hydrogen) atoms. The summed E-state index contributed by atoms with van der Waals surface area (Å²) in [7, 11) is 3.64. The van der Waals surface area contributed by atoms with Gasteiger partial charge in [0.2, 0.25) is 0 Å². The van der Waals surface area contributed by atoms with Crippen LogP contribution in [0.2, 0.25) is 0 Å². The highest BCUT2D eigenvalue weighted by Gasteiger charge is 2.21. The molecular weight excluding hydrogens is 417 g/mol. The fraction of sp³-hybridized carbons (Fsp3) is 0.278. The van der Waals surface area contributed by atoms with Gasteiger partial charge in [-0.05, 0) is 13.0 Å². The van der Waals surface area contributed by atoms with Crippen LogP contribution in [-0.2, 0) is 11.8 Å². The standard InChI is InChI=1S/C18H18FN5OS3/c1-9-21-7-12(24(9)2)10-6-11(16-22-8-13(19)27-16)23-17-14(10)15(20)18(28-17)26-5-4-25-3/h6-8H,4-5,20H2,1-3H3.